The van der Waals surface area contributed by atoms with E-state index in [-0.39, 0.29) is 0 Å². The van der Waals surface area contributed by atoms with E-state index in [4.69, 9.17) is 0 Å². The van der Waals surface area contributed by atoms with Gasteiger partial charge in [0.15, 0.2) is 0 Å². The van der Waals surface area contributed by atoms with Crippen molar-refractivity contribution in [2.75, 3.05) is 6.61 Å². The van der Waals surface area contributed by atoms with Crippen LogP contribution in [0.15, 0.2) is 24.3 Å². The van der Waals surface area contributed by atoms with Gasteiger partial charge in [0.1, 0.15) is 12.2 Å². The number of hydrogen-bond donors (Lipinski definition) is 5. The Morgan fingerprint density at radius 1 is 0.381 bits per heavy atom. The first-order valence-corrected chi connectivity index (χ1v) is 28.2. The molecule has 4 atom stereocenters. The zero-order chi connectivity index (χ0) is 45.9. The average Bonchev–Trinajstić information content (AvgIpc) is 3.29. The topological polar surface area (TPSA) is 110 Å². The Labute approximate surface area is 393 Å². The second kappa shape index (κ2) is 51.8. The lowest BCUT2D eigenvalue weighted by Gasteiger charge is -2.27. The minimum Gasteiger partial charge on any atom is -0.394 e. The van der Waals surface area contributed by atoms with Gasteiger partial charge >= 0.3 is 0 Å². The van der Waals surface area contributed by atoms with Crippen molar-refractivity contribution in [3.63, 3.8) is 0 Å². The predicted octanol–water partition coefficient (Wildman–Crippen LogP) is 16.3. The van der Waals surface area contributed by atoms with Gasteiger partial charge in [0.05, 0.1) is 18.8 Å². The van der Waals surface area contributed by atoms with Gasteiger partial charge in [-0.3, -0.25) is 4.79 Å². The summed E-state index contributed by atoms with van der Waals surface area (Å²) in [6.07, 6.45) is 62.5. The fourth-order valence-electron chi connectivity index (χ4n) is 8.95. The average molecular weight is 891 g/mol. The molecule has 5 N–H and O–H groups in total. The first kappa shape index (κ1) is 61.8. The number of carbonyl (C=O) groups is 1. The van der Waals surface area contributed by atoms with Gasteiger partial charge in [-0.1, -0.05) is 276 Å². The lowest BCUT2D eigenvalue weighted by atomic mass is 10.00. The van der Waals surface area contributed by atoms with Gasteiger partial charge in [-0.2, -0.15) is 0 Å². The van der Waals surface area contributed by atoms with E-state index >= 15 is 0 Å². The van der Waals surface area contributed by atoms with Crippen LogP contribution < -0.4 is 5.32 Å². The molecule has 0 fully saturated rings. The van der Waals surface area contributed by atoms with Crippen LogP contribution in [0.1, 0.15) is 303 Å². The molecule has 0 aromatic carbocycles. The van der Waals surface area contributed by atoms with Crippen molar-refractivity contribution >= 4 is 5.91 Å². The first-order chi connectivity index (χ1) is 31.0. The number of aliphatic hydroxyl groups is 4. The van der Waals surface area contributed by atoms with Crippen LogP contribution in [-0.2, 0) is 4.79 Å². The lowest BCUT2D eigenvalue weighted by molar-refractivity contribution is -0.132. The highest BCUT2D eigenvalue weighted by atomic mass is 16.3. The Hall–Kier alpha value is -1.21. The standard InChI is InChI=1S/C57H111NO5/c1-3-5-7-9-11-13-15-17-19-21-23-25-27-28-29-31-33-35-37-39-41-43-45-47-49-51-55(61)57(63)58-53(52-59)56(62)54(60)50-48-46-44-42-40-38-36-34-32-30-26-24-22-20-18-16-14-12-10-8-6-4-2/h34,36,42,44,53-56,59-62H,3-33,35,37-41,43,45-52H2,1-2H3,(H,58,63)/b36-34+,44-42+. The number of aliphatic hydroxyl groups excluding tert-OH is 4. The molecule has 374 valence electrons. The molecule has 0 aliphatic heterocycles. The highest BCUT2D eigenvalue weighted by Crippen LogP contribution is 2.18. The number of allylic oxidation sites excluding steroid dienone is 4. The molecule has 0 saturated carbocycles. The van der Waals surface area contributed by atoms with Gasteiger partial charge < -0.3 is 25.7 Å². The largest absolute Gasteiger partial charge is 0.394 e. The third-order valence-corrected chi connectivity index (χ3v) is 13.4. The fourth-order valence-corrected chi connectivity index (χ4v) is 8.95. The molecule has 4 unspecified atom stereocenters. The smallest absolute Gasteiger partial charge is 0.249 e. The van der Waals surface area contributed by atoms with E-state index in [1.165, 1.54) is 231 Å². The minimum atomic E-state index is -1.29. The van der Waals surface area contributed by atoms with Crippen molar-refractivity contribution < 1.29 is 25.2 Å². The SMILES string of the molecule is CCCCCCCCCCCCCCC/C=C/CC/C=C/CCCC(O)C(O)C(CO)NC(=O)C(O)CCCCCCCCCCCCCCCCCCCCCCCCCCC. The molecule has 0 radical (unpaired) electrons. The van der Waals surface area contributed by atoms with Gasteiger partial charge in [0.2, 0.25) is 5.91 Å². The normalized spacial score (nSPS) is 13.9. The summed E-state index contributed by atoms with van der Waals surface area (Å²) in [6, 6.07) is -1.01. The molecule has 0 rings (SSSR count). The second-order valence-corrected chi connectivity index (χ2v) is 19.6. The monoisotopic (exact) mass is 890 g/mol. The molecule has 0 bridgehead atoms. The molecule has 0 aliphatic rings. The van der Waals surface area contributed by atoms with Crippen LogP contribution in [0.25, 0.3) is 0 Å². The van der Waals surface area contributed by atoms with Crippen LogP contribution in [0.5, 0.6) is 0 Å². The van der Waals surface area contributed by atoms with Gasteiger partial charge in [-0.25, -0.2) is 0 Å². The van der Waals surface area contributed by atoms with Gasteiger partial charge in [0, 0.05) is 0 Å². The van der Waals surface area contributed by atoms with Crippen LogP contribution in [-0.4, -0.2) is 57.3 Å². The summed E-state index contributed by atoms with van der Waals surface area (Å²) < 4.78 is 0. The number of nitrogens with one attached hydrogen (secondary N) is 1. The van der Waals surface area contributed by atoms with E-state index in [0.717, 1.165) is 38.5 Å². The number of rotatable bonds is 52. The number of unbranched alkanes of at least 4 members (excludes halogenated alkanes) is 39. The van der Waals surface area contributed by atoms with E-state index in [1.54, 1.807) is 0 Å². The van der Waals surface area contributed by atoms with Crippen LogP contribution in [0.2, 0.25) is 0 Å². The summed E-state index contributed by atoms with van der Waals surface area (Å²) >= 11 is 0. The van der Waals surface area contributed by atoms with Gasteiger partial charge in [-0.05, 0) is 51.4 Å². The molecule has 63 heavy (non-hydrogen) atoms. The zero-order valence-corrected chi connectivity index (χ0v) is 42.3. The van der Waals surface area contributed by atoms with E-state index in [2.05, 4.69) is 43.5 Å². The lowest BCUT2D eigenvalue weighted by Crippen LogP contribution is -2.53. The van der Waals surface area contributed by atoms with E-state index < -0.39 is 36.9 Å². The third-order valence-electron chi connectivity index (χ3n) is 13.4. The van der Waals surface area contributed by atoms with Crippen molar-refractivity contribution in [3.05, 3.63) is 24.3 Å². The Kier molecular flexibility index (Phi) is 50.8. The number of carbonyl (C=O) groups excluding carboxylic acids is 1. The zero-order valence-electron chi connectivity index (χ0n) is 42.3. The van der Waals surface area contributed by atoms with Crippen LogP contribution in [0.4, 0.5) is 0 Å². The summed E-state index contributed by atoms with van der Waals surface area (Å²) in [5.41, 5.74) is 0. The molecule has 6 heteroatoms. The number of hydrogen-bond acceptors (Lipinski definition) is 5. The number of amides is 1. The fraction of sp³-hybridized carbons (Fsp3) is 0.912. The van der Waals surface area contributed by atoms with Crippen molar-refractivity contribution in [1.82, 2.24) is 5.32 Å². The molecule has 0 aromatic heterocycles. The first-order valence-electron chi connectivity index (χ1n) is 28.2. The molecular weight excluding hydrogens is 779 g/mol. The van der Waals surface area contributed by atoms with Crippen LogP contribution >= 0.6 is 0 Å². The molecule has 0 aromatic rings. The summed E-state index contributed by atoms with van der Waals surface area (Å²) in [5.74, 6) is -0.592. The molecule has 0 aliphatic carbocycles. The maximum atomic E-state index is 12.6. The maximum absolute atomic E-state index is 12.6. The third kappa shape index (κ3) is 45.7. The second-order valence-electron chi connectivity index (χ2n) is 19.6. The quantitative estimate of drug-likeness (QED) is 0.0309. The Bertz CT molecular complexity index is 955. The van der Waals surface area contributed by atoms with E-state index in [9.17, 15) is 25.2 Å². The van der Waals surface area contributed by atoms with Gasteiger partial charge in [-0.15, -0.1) is 0 Å². The summed E-state index contributed by atoms with van der Waals surface area (Å²) in [6.45, 7) is 4.08. The minimum absolute atomic E-state index is 0.365. The summed E-state index contributed by atoms with van der Waals surface area (Å²) in [7, 11) is 0. The van der Waals surface area contributed by atoms with Crippen molar-refractivity contribution in [1.29, 1.82) is 0 Å². The van der Waals surface area contributed by atoms with Crippen LogP contribution in [0, 0.1) is 0 Å². The Morgan fingerprint density at radius 2 is 0.667 bits per heavy atom. The summed E-state index contributed by atoms with van der Waals surface area (Å²) in [5, 5.41) is 43.9. The molecule has 0 heterocycles. The van der Waals surface area contributed by atoms with Crippen molar-refractivity contribution in [2.45, 2.75) is 327 Å². The highest BCUT2D eigenvalue weighted by Gasteiger charge is 2.28. The van der Waals surface area contributed by atoms with Crippen LogP contribution in [0.3, 0.4) is 0 Å². The Morgan fingerprint density at radius 3 is 1.00 bits per heavy atom. The molecule has 6 nitrogen and oxygen atoms in total. The van der Waals surface area contributed by atoms with Crippen molar-refractivity contribution in [2.24, 2.45) is 0 Å². The maximum Gasteiger partial charge on any atom is 0.249 e. The molecule has 1 amide bonds. The summed E-state index contributed by atoms with van der Waals surface area (Å²) in [4.78, 5) is 12.6. The van der Waals surface area contributed by atoms with Gasteiger partial charge in [0.25, 0.3) is 0 Å². The molecular formula is C57H111NO5. The highest BCUT2D eigenvalue weighted by molar-refractivity contribution is 5.80. The predicted molar refractivity (Wildman–Crippen MR) is 274 cm³/mol. The molecule has 0 saturated heterocycles. The van der Waals surface area contributed by atoms with E-state index in [0.29, 0.717) is 19.3 Å². The van der Waals surface area contributed by atoms with Crippen molar-refractivity contribution in [3.8, 4) is 0 Å². The van der Waals surface area contributed by atoms with E-state index in [1.807, 2.05) is 0 Å². The Balaban J connectivity index is 3.66. The molecule has 0 spiro atoms.